The maximum atomic E-state index is 15.3. The summed E-state index contributed by atoms with van der Waals surface area (Å²) >= 11 is 0. The number of hydrogen-bond acceptors (Lipinski definition) is 23. The van der Waals surface area contributed by atoms with Crippen molar-refractivity contribution in [3.8, 4) is 0 Å². The summed E-state index contributed by atoms with van der Waals surface area (Å²) < 4.78 is 47.1. The molecule has 430 valence electrons. The highest BCUT2D eigenvalue weighted by atomic mass is 16.8. The first-order valence-electron chi connectivity index (χ1n) is 26.9. The van der Waals surface area contributed by atoms with Gasteiger partial charge in [-0.05, 0) is 97.7 Å². The third kappa shape index (κ3) is 9.20. The van der Waals surface area contributed by atoms with Crippen LogP contribution in [0.1, 0.15) is 99.8 Å². The van der Waals surface area contributed by atoms with Crippen LogP contribution < -0.4 is 0 Å². The first kappa shape index (κ1) is 58.0. The molecular weight excluding hydrogens is 993 g/mol. The van der Waals surface area contributed by atoms with Crippen LogP contribution in [-0.2, 0) is 42.7 Å². The fraction of sp³-hybridized carbons (Fsp3) is 0.942. The van der Waals surface area contributed by atoms with Crippen molar-refractivity contribution in [1.29, 1.82) is 0 Å². The minimum atomic E-state index is -1.90. The standard InChI is InChI=1S/C52H84O23/c1-21-39(72-42-36(64)31(59)25(56)18-68-42)35(63)38(66)43(70-21)73-40-32(60)26(57)19-69-45(40)75-46(67)52-13-12-47(2,3)14-23(52)22-8-9-29-48(4)15-24(55)41(74-44-37(65)34(62)33(61)27(17-53)71-44)49(5,20-54)28(48)10-11-50(29,6)51(22,7)16-30(52)58/h8,21,23-45,53-66H,9-20H2,1-7H3/t21-,23-,24-,25+,26+,27+,28+,29+,30+,31-,32+,33+,34-,35-,36+,37+,38+,39-,40+,41-,42-,43-,44-,45+,48-,49-,50+,51+,52+/m0/s1. The number of carbonyl (C=O) groups excluding carboxylic acids is 1. The molecule has 9 rings (SSSR count). The topological polar surface area (TPSA) is 374 Å². The number of esters is 1. The number of rotatable bonds is 10. The normalized spacial score (nSPS) is 55.8. The van der Waals surface area contributed by atoms with Crippen LogP contribution in [0, 0.1) is 50.2 Å². The Balaban J connectivity index is 0.962. The average molecular weight is 1080 g/mol. The van der Waals surface area contributed by atoms with Crippen LogP contribution in [0.25, 0.3) is 0 Å². The average Bonchev–Trinajstić information content (AvgIpc) is 3.35. The molecule has 4 saturated carbocycles. The van der Waals surface area contributed by atoms with Gasteiger partial charge in [-0.3, -0.25) is 4.79 Å². The van der Waals surface area contributed by atoms with Gasteiger partial charge >= 0.3 is 5.97 Å². The van der Waals surface area contributed by atoms with Crippen molar-refractivity contribution in [3.63, 3.8) is 0 Å². The summed E-state index contributed by atoms with van der Waals surface area (Å²) in [6, 6.07) is 0. The summed E-state index contributed by atoms with van der Waals surface area (Å²) in [6.07, 6.45) is -26.6. The Hall–Kier alpha value is -1.63. The van der Waals surface area contributed by atoms with Crippen LogP contribution in [0.2, 0.25) is 0 Å². The summed E-state index contributed by atoms with van der Waals surface area (Å²) in [4.78, 5) is 15.3. The minimum Gasteiger partial charge on any atom is -0.432 e. The highest BCUT2D eigenvalue weighted by Crippen LogP contribution is 2.76. The van der Waals surface area contributed by atoms with Gasteiger partial charge in [0.25, 0.3) is 0 Å². The summed E-state index contributed by atoms with van der Waals surface area (Å²) in [6.45, 7) is 12.1. The lowest BCUT2D eigenvalue weighted by Gasteiger charge is -2.72. The molecule has 0 unspecified atom stereocenters. The molecule has 0 aromatic rings. The molecule has 29 atom stereocenters. The molecule has 23 nitrogen and oxygen atoms in total. The summed E-state index contributed by atoms with van der Waals surface area (Å²) in [7, 11) is 0. The van der Waals surface area contributed by atoms with E-state index in [4.69, 9.17) is 37.9 Å². The number of allylic oxidation sites excluding steroid dienone is 2. The molecule has 4 heterocycles. The van der Waals surface area contributed by atoms with Crippen molar-refractivity contribution in [2.45, 2.75) is 229 Å². The first-order chi connectivity index (χ1) is 35.0. The predicted molar refractivity (Wildman–Crippen MR) is 254 cm³/mol. The van der Waals surface area contributed by atoms with E-state index in [0.717, 1.165) is 5.57 Å². The molecule has 14 N–H and O–H groups in total. The van der Waals surface area contributed by atoms with Gasteiger partial charge in [-0.1, -0.05) is 53.2 Å². The van der Waals surface area contributed by atoms with Crippen LogP contribution in [0.4, 0.5) is 0 Å². The van der Waals surface area contributed by atoms with Gasteiger partial charge in [0.1, 0.15) is 78.7 Å². The van der Waals surface area contributed by atoms with Crippen molar-refractivity contribution in [3.05, 3.63) is 11.6 Å². The molecule has 4 aliphatic heterocycles. The van der Waals surface area contributed by atoms with Gasteiger partial charge in [-0.2, -0.15) is 0 Å². The summed E-state index contributed by atoms with van der Waals surface area (Å²) in [5.74, 6) is -1.73. The Morgan fingerprint density at radius 2 is 1.24 bits per heavy atom. The Bertz CT molecular complexity index is 2080. The zero-order chi connectivity index (χ0) is 54.9. The first-order valence-corrected chi connectivity index (χ1v) is 26.9. The molecule has 4 saturated heterocycles. The summed E-state index contributed by atoms with van der Waals surface area (Å²) in [5, 5.41) is 153. The molecule has 0 spiro atoms. The van der Waals surface area contributed by atoms with E-state index in [1.165, 1.54) is 6.92 Å². The zero-order valence-electron chi connectivity index (χ0n) is 43.9. The molecule has 75 heavy (non-hydrogen) atoms. The van der Waals surface area contributed by atoms with Crippen LogP contribution in [0.15, 0.2) is 11.6 Å². The third-order valence-electron chi connectivity index (χ3n) is 20.7. The molecule has 9 aliphatic rings. The second-order valence-corrected chi connectivity index (χ2v) is 25.5. The van der Waals surface area contributed by atoms with Gasteiger partial charge < -0.3 is 109 Å². The molecule has 23 heteroatoms. The van der Waals surface area contributed by atoms with Gasteiger partial charge in [0.2, 0.25) is 6.29 Å². The second-order valence-electron chi connectivity index (χ2n) is 25.5. The maximum absolute atomic E-state index is 15.3. The van der Waals surface area contributed by atoms with Crippen molar-refractivity contribution in [2.24, 2.45) is 50.2 Å². The van der Waals surface area contributed by atoms with Crippen molar-refractivity contribution >= 4 is 5.97 Å². The van der Waals surface area contributed by atoms with E-state index in [9.17, 15) is 71.5 Å². The molecule has 0 radical (unpaired) electrons. The molecular formula is C52H84O23. The zero-order valence-corrected chi connectivity index (χ0v) is 43.9. The van der Waals surface area contributed by atoms with E-state index < -0.39 is 188 Å². The highest BCUT2D eigenvalue weighted by Gasteiger charge is 2.73. The monoisotopic (exact) mass is 1080 g/mol. The highest BCUT2D eigenvalue weighted by molar-refractivity contribution is 5.80. The van der Waals surface area contributed by atoms with Crippen LogP contribution in [0.3, 0.4) is 0 Å². The van der Waals surface area contributed by atoms with Crippen molar-refractivity contribution in [2.75, 3.05) is 26.4 Å². The van der Waals surface area contributed by atoms with Gasteiger partial charge in [-0.25, -0.2) is 0 Å². The molecule has 0 aromatic heterocycles. The number of fused-ring (bicyclic) bond motifs is 7. The fourth-order valence-corrected chi connectivity index (χ4v) is 16.2. The number of carbonyl (C=O) groups is 1. The SMILES string of the molecule is C[C@@H]1O[C@@H](O[C@H]2[C@@H](OC(=O)[C@]34CCC(C)(C)C[C@H]3C3=CC[C@@H]5[C@@]6(C)C[C@H](O)[C@H](O[C@@H]7O[C@H](CO)[C@@H](O)[C@H](O)[C@H]7O)[C@@](C)(CO)[C@@H]6CC[C@@]5(C)[C@]3(C)C[C@H]4O)OC[C@@H](O)[C@H]2O)[C@H](O)[C@H](O)[C@H]1O[C@@H]1OC[C@@H](O)[C@H](O)[C@H]1O. The van der Waals surface area contributed by atoms with Gasteiger partial charge in [0.05, 0.1) is 50.8 Å². The minimum absolute atomic E-state index is 0.120. The second kappa shape index (κ2) is 20.7. The Morgan fingerprint density at radius 1 is 0.627 bits per heavy atom. The Morgan fingerprint density at radius 3 is 1.91 bits per heavy atom. The lowest BCUT2D eigenvalue weighted by molar-refractivity contribution is -0.369. The van der Waals surface area contributed by atoms with Crippen molar-refractivity contribution in [1.82, 2.24) is 0 Å². The molecule has 5 aliphatic carbocycles. The van der Waals surface area contributed by atoms with Crippen LogP contribution in [0.5, 0.6) is 0 Å². The largest absolute Gasteiger partial charge is 0.432 e. The van der Waals surface area contributed by atoms with E-state index in [1.54, 1.807) is 0 Å². The number of aliphatic hydroxyl groups excluding tert-OH is 14. The fourth-order valence-electron chi connectivity index (χ4n) is 16.2. The predicted octanol–water partition coefficient (Wildman–Crippen LogP) is -2.82. The van der Waals surface area contributed by atoms with E-state index in [0.29, 0.717) is 32.1 Å². The Labute approximate surface area is 436 Å². The third-order valence-corrected chi connectivity index (χ3v) is 20.7. The van der Waals surface area contributed by atoms with E-state index >= 15 is 4.79 Å². The summed E-state index contributed by atoms with van der Waals surface area (Å²) in [5.41, 5.74) is -3.78. The van der Waals surface area contributed by atoms with E-state index in [1.807, 2.05) is 6.92 Å². The number of ether oxygens (including phenoxy) is 8. The van der Waals surface area contributed by atoms with E-state index in [-0.39, 0.29) is 43.1 Å². The molecule has 0 aromatic carbocycles. The van der Waals surface area contributed by atoms with Crippen LogP contribution >= 0.6 is 0 Å². The maximum Gasteiger partial charge on any atom is 0.317 e. The van der Waals surface area contributed by atoms with Gasteiger partial charge in [0, 0.05) is 5.41 Å². The number of hydrogen-bond donors (Lipinski definition) is 14. The lowest BCUT2D eigenvalue weighted by Crippen LogP contribution is -2.70. The Kier molecular flexibility index (Phi) is 16.0. The quantitative estimate of drug-likeness (QED) is 0.0596. The molecule has 0 bridgehead atoms. The molecule has 8 fully saturated rings. The van der Waals surface area contributed by atoms with E-state index in [2.05, 4.69) is 40.7 Å². The smallest absolute Gasteiger partial charge is 0.317 e. The molecule has 0 amide bonds. The van der Waals surface area contributed by atoms with Gasteiger partial charge in [0.15, 0.2) is 25.0 Å². The van der Waals surface area contributed by atoms with Crippen LogP contribution in [-0.4, -0.2) is 233 Å². The van der Waals surface area contributed by atoms with Gasteiger partial charge in [-0.15, -0.1) is 0 Å². The lowest BCUT2D eigenvalue weighted by atomic mass is 9.33. The van der Waals surface area contributed by atoms with Crippen molar-refractivity contribution < 1.29 is 114 Å². The number of aliphatic hydroxyl groups is 14.